The Bertz CT molecular complexity index is 1280. The van der Waals surface area contributed by atoms with Crippen LogP contribution >= 0.6 is 0 Å². The van der Waals surface area contributed by atoms with E-state index in [4.69, 9.17) is 9.72 Å². The van der Waals surface area contributed by atoms with E-state index in [0.717, 1.165) is 46.3 Å². The van der Waals surface area contributed by atoms with Crippen molar-refractivity contribution >= 4 is 22.4 Å². The second-order valence-electron chi connectivity index (χ2n) is 8.38. The molecule has 0 saturated heterocycles. The molecule has 5 rings (SSSR count). The Morgan fingerprint density at radius 2 is 1.53 bits per heavy atom. The van der Waals surface area contributed by atoms with Crippen LogP contribution in [0.3, 0.4) is 0 Å². The molecule has 0 saturated carbocycles. The zero-order chi connectivity index (χ0) is 23.5. The molecule has 1 N–H and O–H groups in total. The predicted octanol–water partition coefficient (Wildman–Crippen LogP) is 6.25. The first-order valence-corrected chi connectivity index (χ1v) is 11.4. The maximum atomic E-state index is 13.5. The van der Waals surface area contributed by atoms with Gasteiger partial charge in [0.25, 0.3) is 0 Å². The number of nitrogens with one attached hydrogen (secondary N) is 1. The van der Waals surface area contributed by atoms with E-state index in [1.807, 2.05) is 24.3 Å². The first-order chi connectivity index (χ1) is 16.6. The third-order valence-corrected chi connectivity index (χ3v) is 6.10. The Morgan fingerprint density at radius 1 is 0.882 bits per heavy atom. The number of carbonyl (C=O) groups excluding carboxylic acids is 1. The lowest BCUT2D eigenvalue weighted by Crippen LogP contribution is -2.19. The molecule has 34 heavy (non-hydrogen) atoms. The van der Waals surface area contributed by atoms with E-state index in [9.17, 15) is 13.6 Å². The molecule has 0 radical (unpaired) electrons. The number of hydrogen-bond donors (Lipinski definition) is 1. The van der Waals surface area contributed by atoms with Crippen LogP contribution < -0.4 is 5.32 Å². The molecular formula is C28H24F2N2O2. The number of anilines is 1. The maximum Gasteiger partial charge on any atom is 0.166 e. The number of ether oxygens (including phenoxy) is 1. The largest absolute Gasteiger partial charge is 0.382 e. The molecule has 4 aromatic rings. The first-order valence-electron chi connectivity index (χ1n) is 11.4. The number of rotatable bonds is 7. The van der Waals surface area contributed by atoms with Crippen molar-refractivity contribution < 1.29 is 18.3 Å². The highest BCUT2D eigenvalue weighted by Crippen LogP contribution is 2.33. The molecule has 0 atom stereocenters. The highest BCUT2D eigenvalue weighted by atomic mass is 19.1. The number of aromatic nitrogens is 1. The third-order valence-electron chi connectivity index (χ3n) is 6.10. The minimum atomic E-state index is -0.479. The minimum absolute atomic E-state index is 0.110. The molecule has 3 aromatic carbocycles. The van der Waals surface area contributed by atoms with E-state index in [0.29, 0.717) is 25.1 Å². The molecular weight excluding hydrogens is 434 g/mol. The standard InChI is InChI=1S/C28H24F2N2O2/c29-20-12-8-18(9-13-20)28(19-10-14-21(30)15-11-19)34-17-16-31-27-22-4-1-2-5-23(22)32-24-6-3-7-25(33)26(24)27/h1-2,4-5,8-15,28H,3,6-7,16-17H2,(H,31,32). The fourth-order valence-corrected chi connectivity index (χ4v) is 4.48. The van der Waals surface area contributed by atoms with Crippen LogP contribution in [-0.2, 0) is 11.2 Å². The van der Waals surface area contributed by atoms with Gasteiger partial charge in [-0.3, -0.25) is 9.78 Å². The molecule has 0 unspecified atom stereocenters. The summed E-state index contributed by atoms with van der Waals surface area (Å²) in [4.78, 5) is 17.5. The van der Waals surface area contributed by atoms with E-state index in [1.165, 1.54) is 24.3 Å². The van der Waals surface area contributed by atoms with Gasteiger partial charge >= 0.3 is 0 Å². The number of ketones is 1. The number of aryl methyl sites for hydroxylation is 1. The van der Waals surface area contributed by atoms with Crippen LogP contribution in [0.25, 0.3) is 10.9 Å². The van der Waals surface area contributed by atoms with Crippen LogP contribution in [0, 0.1) is 11.6 Å². The Labute approximate surface area is 196 Å². The number of benzene rings is 3. The molecule has 1 aliphatic rings. The van der Waals surface area contributed by atoms with Gasteiger partial charge in [0.15, 0.2) is 5.78 Å². The fraction of sp³-hybridized carbons (Fsp3) is 0.214. The van der Waals surface area contributed by atoms with Crippen molar-refractivity contribution in [2.45, 2.75) is 25.4 Å². The number of fused-ring (bicyclic) bond motifs is 2. The van der Waals surface area contributed by atoms with E-state index in [2.05, 4.69) is 5.32 Å². The molecule has 0 spiro atoms. The molecule has 0 amide bonds. The van der Waals surface area contributed by atoms with Gasteiger partial charge in [-0.25, -0.2) is 8.78 Å². The zero-order valence-corrected chi connectivity index (χ0v) is 18.6. The lowest BCUT2D eigenvalue weighted by molar-refractivity contribution is 0.0882. The number of carbonyl (C=O) groups is 1. The van der Waals surface area contributed by atoms with Gasteiger partial charge in [-0.1, -0.05) is 42.5 Å². The van der Waals surface area contributed by atoms with Gasteiger partial charge in [0.05, 0.1) is 29.1 Å². The van der Waals surface area contributed by atoms with Gasteiger partial charge in [0, 0.05) is 18.4 Å². The first kappa shape index (κ1) is 22.2. The van der Waals surface area contributed by atoms with Crippen molar-refractivity contribution in [3.63, 3.8) is 0 Å². The molecule has 0 aliphatic heterocycles. The van der Waals surface area contributed by atoms with Crippen molar-refractivity contribution in [3.05, 3.63) is 107 Å². The van der Waals surface area contributed by atoms with Gasteiger partial charge in [-0.05, 0) is 54.3 Å². The smallest absolute Gasteiger partial charge is 0.166 e. The summed E-state index contributed by atoms with van der Waals surface area (Å²) >= 11 is 0. The summed E-state index contributed by atoms with van der Waals surface area (Å²) in [6.45, 7) is 0.769. The Balaban J connectivity index is 1.37. The van der Waals surface area contributed by atoms with Crippen LogP contribution in [0.1, 0.15) is 46.1 Å². The average molecular weight is 459 g/mol. The fourth-order valence-electron chi connectivity index (χ4n) is 4.48. The molecule has 6 heteroatoms. The number of para-hydroxylation sites is 1. The van der Waals surface area contributed by atoms with E-state index in [1.54, 1.807) is 24.3 Å². The molecule has 0 bridgehead atoms. The van der Waals surface area contributed by atoms with Crippen molar-refractivity contribution in [2.75, 3.05) is 18.5 Å². The van der Waals surface area contributed by atoms with E-state index < -0.39 is 6.10 Å². The number of pyridine rings is 1. The third kappa shape index (κ3) is 4.54. The highest BCUT2D eigenvalue weighted by molar-refractivity contribution is 6.09. The normalized spacial score (nSPS) is 13.3. The van der Waals surface area contributed by atoms with Gasteiger partial charge in [0.1, 0.15) is 17.7 Å². The summed E-state index contributed by atoms with van der Waals surface area (Å²) in [5.41, 5.74) is 4.72. The van der Waals surface area contributed by atoms with Gasteiger partial charge in [-0.2, -0.15) is 0 Å². The topological polar surface area (TPSA) is 51.2 Å². The average Bonchev–Trinajstić information content (AvgIpc) is 2.85. The summed E-state index contributed by atoms with van der Waals surface area (Å²) in [7, 11) is 0. The second-order valence-corrected chi connectivity index (χ2v) is 8.38. The monoisotopic (exact) mass is 458 g/mol. The summed E-state index contributed by atoms with van der Waals surface area (Å²) < 4.78 is 33.1. The Hall–Kier alpha value is -3.64. The van der Waals surface area contributed by atoms with E-state index in [-0.39, 0.29) is 17.4 Å². The van der Waals surface area contributed by atoms with Crippen molar-refractivity contribution in [1.82, 2.24) is 4.98 Å². The summed E-state index contributed by atoms with van der Waals surface area (Å²) in [5, 5.41) is 4.32. The van der Waals surface area contributed by atoms with Gasteiger partial charge in [0.2, 0.25) is 0 Å². The molecule has 1 aliphatic carbocycles. The van der Waals surface area contributed by atoms with Crippen LogP contribution in [0.2, 0.25) is 0 Å². The van der Waals surface area contributed by atoms with Crippen LogP contribution in [0.4, 0.5) is 14.5 Å². The highest BCUT2D eigenvalue weighted by Gasteiger charge is 2.24. The molecule has 172 valence electrons. The van der Waals surface area contributed by atoms with Crippen LogP contribution in [-0.4, -0.2) is 23.9 Å². The van der Waals surface area contributed by atoms with Crippen LogP contribution in [0.5, 0.6) is 0 Å². The van der Waals surface area contributed by atoms with Gasteiger partial charge < -0.3 is 10.1 Å². The van der Waals surface area contributed by atoms with Gasteiger partial charge in [-0.15, -0.1) is 0 Å². The summed E-state index contributed by atoms with van der Waals surface area (Å²) in [5.74, 6) is -0.553. The summed E-state index contributed by atoms with van der Waals surface area (Å²) in [6, 6.07) is 20.0. The predicted molar refractivity (Wildman–Crippen MR) is 128 cm³/mol. The van der Waals surface area contributed by atoms with E-state index >= 15 is 0 Å². The second kappa shape index (κ2) is 9.69. The molecule has 1 aromatic heterocycles. The number of hydrogen-bond acceptors (Lipinski definition) is 4. The molecule has 1 heterocycles. The lowest BCUT2D eigenvalue weighted by atomic mass is 9.91. The minimum Gasteiger partial charge on any atom is -0.382 e. The maximum absolute atomic E-state index is 13.5. The quantitative estimate of drug-likeness (QED) is 0.333. The Kier molecular flexibility index (Phi) is 6.32. The zero-order valence-electron chi connectivity index (χ0n) is 18.6. The molecule has 4 nitrogen and oxygen atoms in total. The SMILES string of the molecule is O=C1CCCc2nc3ccccc3c(NCCOC(c3ccc(F)cc3)c3ccc(F)cc3)c21. The number of Topliss-reactive ketones (excluding diaryl/α,β-unsaturated/α-hetero) is 1. The summed E-state index contributed by atoms with van der Waals surface area (Å²) in [6.07, 6.45) is 1.65. The molecule has 0 fully saturated rings. The number of nitrogens with zero attached hydrogens (tertiary/aromatic N) is 1. The van der Waals surface area contributed by atoms with Crippen LogP contribution in [0.15, 0.2) is 72.8 Å². The Morgan fingerprint density at radius 3 is 2.21 bits per heavy atom. The lowest BCUT2D eigenvalue weighted by Gasteiger charge is -2.22. The number of halogens is 2. The van der Waals surface area contributed by atoms with Crippen molar-refractivity contribution in [1.29, 1.82) is 0 Å². The van der Waals surface area contributed by atoms with Crippen molar-refractivity contribution in [2.24, 2.45) is 0 Å². The van der Waals surface area contributed by atoms with Crippen molar-refractivity contribution in [3.8, 4) is 0 Å².